The molecule has 0 saturated carbocycles. The summed E-state index contributed by atoms with van der Waals surface area (Å²) in [5.74, 6) is -0.149. The van der Waals surface area contributed by atoms with Crippen LogP contribution in [0.5, 0.6) is 0 Å². The van der Waals surface area contributed by atoms with Crippen molar-refractivity contribution in [1.29, 1.82) is 0 Å². The molecule has 0 aliphatic carbocycles. The highest BCUT2D eigenvalue weighted by Crippen LogP contribution is 2.11. The molecule has 0 amide bonds. The van der Waals surface area contributed by atoms with Crippen LogP contribution in [0.4, 0.5) is 0 Å². The van der Waals surface area contributed by atoms with Crippen LogP contribution in [0.2, 0.25) is 0 Å². The Morgan fingerprint density at radius 1 is 1.38 bits per heavy atom. The summed E-state index contributed by atoms with van der Waals surface area (Å²) in [5, 5.41) is 20.7. The third-order valence-electron chi connectivity index (χ3n) is 2.06. The Hall–Kier alpha value is -0.170. The van der Waals surface area contributed by atoms with E-state index in [1.807, 2.05) is 0 Å². The zero-order valence-electron chi connectivity index (χ0n) is 7.31. The summed E-state index contributed by atoms with van der Waals surface area (Å²) in [5.41, 5.74) is 0. The van der Waals surface area contributed by atoms with Crippen molar-refractivity contribution in [2.24, 2.45) is 0 Å². The van der Waals surface area contributed by atoms with Gasteiger partial charge in [0.1, 0.15) is 0 Å². The van der Waals surface area contributed by atoms with Crippen molar-refractivity contribution in [2.75, 3.05) is 24.7 Å². The monoisotopic (exact) mass is 209 g/mol. The fraction of sp³-hybridized carbons (Fsp3) is 1.00. The van der Waals surface area contributed by atoms with E-state index in [2.05, 4.69) is 5.32 Å². The molecular formula is C7H15NO4S. The normalized spacial score (nSPS) is 32.2. The summed E-state index contributed by atoms with van der Waals surface area (Å²) in [4.78, 5) is 0. The predicted molar refractivity (Wildman–Crippen MR) is 48.2 cm³/mol. The molecule has 0 spiro atoms. The molecule has 0 aromatic carbocycles. The minimum atomic E-state index is -3.06. The lowest BCUT2D eigenvalue weighted by molar-refractivity contribution is 0.164. The van der Waals surface area contributed by atoms with Crippen molar-refractivity contribution >= 4 is 9.84 Å². The van der Waals surface area contributed by atoms with Crippen LogP contribution >= 0.6 is 0 Å². The largest absolute Gasteiger partial charge is 0.396 e. The smallest absolute Gasteiger partial charge is 0.154 e. The van der Waals surface area contributed by atoms with Gasteiger partial charge in [0.15, 0.2) is 9.84 Å². The molecule has 0 aromatic rings. The molecule has 0 aromatic heterocycles. The zero-order chi connectivity index (χ0) is 9.90. The molecule has 1 rings (SSSR count). The van der Waals surface area contributed by atoms with Crippen LogP contribution < -0.4 is 5.32 Å². The second-order valence-electron chi connectivity index (χ2n) is 3.28. The van der Waals surface area contributed by atoms with Gasteiger partial charge in [0.05, 0.1) is 17.6 Å². The Labute approximate surface area is 77.7 Å². The average molecular weight is 209 g/mol. The van der Waals surface area contributed by atoms with E-state index < -0.39 is 15.9 Å². The summed E-state index contributed by atoms with van der Waals surface area (Å²) in [7, 11) is -3.06. The van der Waals surface area contributed by atoms with Crippen molar-refractivity contribution in [3.8, 4) is 0 Å². The van der Waals surface area contributed by atoms with Gasteiger partial charge in [0, 0.05) is 12.6 Å². The molecular weight excluding hydrogens is 194 g/mol. The molecule has 3 N–H and O–H groups in total. The molecule has 1 fully saturated rings. The van der Waals surface area contributed by atoms with Gasteiger partial charge in [0.2, 0.25) is 0 Å². The second kappa shape index (κ2) is 4.36. The highest BCUT2D eigenvalue weighted by molar-refractivity contribution is 7.91. The molecule has 5 nitrogen and oxygen atoms in total. The van der Waals surface area contributed by atoms with Crippen molar-refractivity contribution in [1.82, 2.24) is 5.32 Å². The van der Waals surface area contributed by atoms with Crippen LogP contribution in [0.1, 0.15) is 6.42 Å². The van der Waals surface area contributed by atoms with Gasteiger partial charge in [-0.2, -0.15) is 0 Å². The highest BCUT2D eigenvalue weighted by atomic mass is 32.2. The molecule has 6 heteroatoms. The van der Waals surface area contributed by atoms with Crippen LogP contribution in [-0.4, -0.2) is 55.4 Å². The molecule has 78 valence electrons. The molecule has 1 aliphatic rings. The highest BCUT2D eigenvalue weighted by Gasteiger charge is 2.35. The van der Waals surface area contributed by atoms with Crippen molar-refractivity contribution in [2.45, 2.75) is 18.6 Å². The third kappa shape index (κ3) is 3.22. The van der Waals surface area contributed by atoms with Gasteiger partial charge < -0.3 is 15.5 Å². The zero-order valence-corrected chi connectivity index (χ0v) is 8.13. The van der Waals surface area contributed by atoms with Gasteiger partial charge in [-0.3, -0.25) is 0 Å². The summed E-state index contributed by atoms with van der Waals surface area (Å²) >= 11 is 0. The first-order valence-corrected chi connectivity index (χ1v) is 6.10. The molecule has 1 aliphatic heterocycles. The van der Waals surface area contributed by atoms with Crippen molar-refractivity contribution in [3.05, 3.63) is 0 Å². The maximum absolute atomic E-state index is 11.0. The number of rotatable bonds is 4. The number of aliphatic hydroxyl groups is 2. The van der Waals surface area contributed by atoms with E-state index in [1.165, 1.54) is 0 Å². The summed E-state index contributed by atoms with van der Waals surface area (Å²) in [6.45, 7) is 0.607. The number of hydrogen-bond donors (Lipinski definition) is 3. The van der Waals surface area contributed by atoms with E-state index in [1.54, 1.807) is 0 Å². The lowest BCUT2D eigenvalue weighted by Crippen LogP contribution is -2.39. The predicted octanol–water partition coefficient (Wildman–Crippen LogP) is -1.88. The van der Waals surface area contributed by atoms with E-state index >= 15 is 0 Å². The lowest BCUT2D eigenvalue weighted by atomic mass is 10.2. The third-order valence-corrected chi connectivity index (χ3v) is 3.78. The summed E-state index contributed by atoms with van der Waals surface area (Å²) in [6, 6.07) is -0.364. The molecule has 1 saturated heterocycles. The van der Waals surface area contributed by atoms with E-state index in [9.17, 15) is 13.5 Å². The van der Waals surface area contributed by atoms with Crippen LogP contribution in [-0.2, 0) is 9.84 Å². The van der Waals surface area contributed by atoms with Gasteiger partial charge >= 0.3 is 0 Å². The van der Waals surface area contributed by atoms with Gasteiger partial charge in [-0.05, 0) is 13.0 Å². The Morgan fingerprint density at radius 3 is 2.54 bits per heavy atom. The molecule has 13 heavy (non-hydrogen) atoms. The first-order chi connectivity index (χ1) is 6.05. The number of sulfone groups is 1. The van der Waals surface area contributed by atoms with Gasteiger partial charge in [0.25, 0.3) is 0 Å². The maximum atomic E-state index is 11.0. The van der Waals surface area contributed by atoms with E-state index in [0.29, 0.717) is 13.0 Å². The fourth-order valence-corrected chi connectivity index (χ4v) is 3.17. The van der Waals surface area contributed by atoms with Gasteiger partial charge in [-0.1, -0.05) is 0 Å². The Kier molecular flexibility index (Phi) is 3.66. The van der Waals surface area contributed by atoms with Crippen LogP contribution in [0, 0.1) is 0 Å². The fourth-order valence-electron chi connectivity index (χ4n) is 1.39. The molecule has 1 heterocycles. The number of aliphatic hydroxyl groups excluding tert-OH is 2. The van der Waals surface area contributed by atoms with E-state index in [-0.39, 0.29) is 24.2 Å². The first kappa shape index (κ1) is 10.9. The average Bonchev–Trinajstić information content (AvgIpc) is 2.25. The Morgan fingerprint density at radius 2 is 2.08 bits per heavy atom. The topological polar surface area (TPSA) is 86.6 Å². The molecule has 0 unspecified atom stereocenters. The van der Waals surface area contributed by atoms with Gasteiger partial charge in [-0.25, -0.2) is 8.42 Å². The SMILES string of the molecule is O=S1(=O)C[C@H](NCCCO)[C@@H](O)C1. The van der Waals surface area contributed by atoms with Crippen molar-refractivity contribution in [3.63, 3.8) is 0 Å². The minimum Gasteiger partial charge on any atom is -0.396 e. The maximum Gasteiger partial charge on any atom is 0.154 e. The molecule has 2 atom stereocenters. The Balaban J connectivity index is 2.36. The summed E-state index contributed by atoms with van der Waals surface area (Å²) in [6.07, 6.45) is -0.229. The lowest BCUT2D eigenvalue weighted by Gasteiger charge is -2.13. The van der Waals surface area contributed by atoms with Gasteiger partial charge in [-0.15, -0.1) is 0 Å². The van der Waals surface area contributed by atoms with E-state index in [0.717, 1.165) is 0 Å². The number of hydrogen-bond acceptors (Lipinski definition) is 5. The van der Waals surface area contributed by atoms with Crippen LogP contribution in [0.3, 0.4) is 0 Å². The van der Waals surface area contributed by atoms with Crippen molar-refractivity contribution < 1.29 is 18.6 Å². The molecule has 0 radical (unpaired) electrons. The summed E-state index contributed by atoms with van der Waals surface area (Å²) < 4.78 is 22.1. The number of nitrogens with one attached hydrogen (secondary N) is 1. The van der Waals surface area contributed by atoms with Crippen LogP contribution in [0.25, 0.3) is 0 Å². The molecule has 0 bridgehead atoms. The minimum absolute atomic E-state index is 0.000402. The standard InChI is InChI=1S/C7H15NO4S/c9-3-1-2-8-6-4-13(11,12)5-7(6)10/h6-10H,1-5H2/t6-,7-/m0/s1. The Bertz CT molecular complexity index is 251. The quantitative estimate of drug-likeness (QED) is 0.472. The van der Waals surface area contributed by atoms with Crippen LogP contribution in [0.15, 0.2) is 0 Å². The van der Waals surface area contributed by atoms with E-state index in [4.69, 9.17) is 5.11 Å². The second-order valence-corrected chi connectivity index (χ2v) is 5.44. The first-order valence-electron chi connectivity index (χ1n) is 4.28.